The average Bonchev–Trinajstić information content (AvgIpc) is 3.62. The molecular weight excluding hydrogens is 520 g/mol. The molecule has 1 atom stereocenters. The van der Waals surface area contributed by atoms with E-state index in [9.17, 15) is 4.79 Å². The molecule has 196 valence electrons. The fourth-order valence-corrected chi connectivity index (χ4v) is 4.66. The first-order valence-corrected chi connectivity index (χ1v) is 11.9. The van der Waals surface area contributed by atoms with Crippen molar-refractivity contribution < 1.29 is 8.22 Å². The molecule has 5 aromatic heterocycles. The molecule has 0 amide bonds. The molecule has 0 radical (unpaired) electrons. The van der Waals surface area contributed by atoms with Crippen molar-refractivity contribution in [1.29, 1.82) is 0 Å². The van der Waals surface area contributed by atoms with Crippen molar-refractivity contribution in [2.45, 2.75) is 19.9 Å². The lowest BCUT2D eigenvalue weighted by Crippen LogP contribution is -2.21. The van der Waals surface area contributed by atoms with E-state index in [2.05, 4.69) is 40.7 Å². The number of nitrogen functional groups attached to an aromatic ring is 1. The number of nitrogens with zero attached hydrogens (tertiary/aromatic N) is 10. The number of nitrogens with two attached hydrogens (primary N) is 1. The van der Waals surface area contributed by atoms with Crippen LogP contribution in [0.3, 0.4) is 0 Å². The summed E-state index contributed by atoms with van der Waals surface area (Å²) in [5.41, 5.74) is 7.70. The Morgan fingerprint density at radius 1 is 1.13 bits per heavy atom. The number of aromatic nitrogens is 10. The lowest BCUT2D eigenvalue weighted by molar-refractivity contribution is 0.630. The molecule has 0 saturated carbocycles. The summed E-state index contributed by atoms with van der Waals surface area (Å²) < 4.78 is 49.6. The summed E-state index contributed by atoms with van der Waals surface area (Å²) in [6.45, 7) is -1.89. The number of pyridine rings is 1. The van der Waals surface area contributed by atoms with E-state index in [0.717, 1.165) is 4.57 Å². The molecule has 14 heteroatoms. The average molecular weight is 549 g/mol. The molecule has 6 aromatic rings. The number of tetrazole rings is 1. The molecular formula is C25H23ClN12O. The van der Waals surface area contributed by atoms with Gasteiger partial charge in [0.15, 0.2) is 0 Å². The van der Waals surface area contributed by atoms with Crippen LogP contribution in [0.25, 0.3) is 39.3 Å². The number of anilines is 2. The van der Waals surface area contributed by atoms with E-state index in [1.807, 2.05) is 13.0 Å². The van der Waals surface area contributed by atoms with E-state index >= 15 is 0 Å². The van der Waals surface area contributed by atoms with Crippen LogP contribution in [0.1, 0.15) is 32.3 Å². The van der Waals surface area contributed by atoms with Crippen molar-refractivity contribution in [3.8, 4) is 22.8 Å². The van der Waals surface area contributed by atoms with Gasteiger partial charge in [0.05, 0.1) is 29.6 Å². The fraction of sp³-hybridized carbons (Fsp3) is 0.200. The molecule has 6 rings (SSSR count). The minimum absolute atomic E-state index is 0.0116. The highest BCUT2D eigenvalue weighted by atomic mass is 35.5. The zero-order valence-corrected chi connectivity index (χ0v) is 21.2. The minimum Gasteiger partial charge on any atom is -0.377 e. The first-order valence-electron chi connectivity index (χ1n) is 14.5. The van der Waals surface area contributed by atoms with Gasteiger partial charge in [0.25, 0.3) is 5.56 Å². The van der Waals surface area contributed by atoms with Gasteiger partial charge >= 0.3 is 0 Å². The first-order chi connectivity index (χ1) is 21.1. The summed E-state index contributed by atoms with van der Waals surface area (Å²) in [5.74, 6) is -0.0591. The number of rotatable bonds is 5. The molecule has 13 nitrogen and oxygen atoms in total. The summed E-state index contributed by atoms with van der Waals surface area (Å²) >= 11 is 6.17. The standard InChI is InChI=1S/C25H23ClN12O/c1-12-7-15(13(2)31-17-5-6-18(26)32-20(17)22-33-35-37(4)34-22)21-16(8-12)24(39)36(3)23-19(30-11-38(21)23)14-9-28-25(27)29-10-14/h5-11,13,31H,1-4H3,(H2,27,28,29)/t13-/m0/s1/i3D3,4D3. The predicted molar refractivity (Wildman–Crippen MR) is 147 cm³/mol. The Balaban J connectivity index is 1.56. The maximum absolute atomic E-state index is 14.0. The predicted octanol–water partition coefficient (Wildman–Crippen LogP) is 2.95. The Morgan fingerprint density at radius 2 is 1.95 bits per heavy atom. The Kier molecular flexibility index (Phi) is 4.30. The van der Waals surface area contributed by atoms with Crippen LogP contribution in [0, 0.1) is 6.92 Å². The quantitative estimate of drug-likeness (QED) is 0.306. The zero-order chi connectivity index (χ0) is 32.4. The number of hydrogen-bond donors (Lipinski definition) is 2. The number of nitrogens with one attached hydrogen (secondary N) is 1. The maximum atomic E-state index is 14.0. The number of fused-ring (bicyclic) bond motifs is 3. The highest BCUT2D eigenvalue weighted by molar-refractivity contribution is 6.29. The molecule has 0 aliphatic rings. The van der Waals surface area contributed by atoms with Crippen LogP contribution in [0.5, 0.6) is 0 Å². The number of benzene rings is 1. The first kappa shape index (κ1) is 18.4. The second kappa shape index (κ2) is 9.13. The highest BCUT2D eigenvalue weighted by Gasteiger charge is 2.22. The van der Waals surface area contributed by atoms with Crippen LogP contribution in [0.2, 0.25) is 5.15 Å². The maximum Gasteiger partial charge on any atom is 0.261 e. The lowest BCUT2D eigenvalue weighted by atomic mass is 10.0. The number of halogens is 1. The third kappa shape index (κ3) is 4.12. The normalized spacial score (nSPS) is 15.3. The van der Waals surface area contributed by atoms with Crippen LogP contribution in [0.4, 0.5) is 11.6 Å². The smallest absolute Gasteiger partial charge is 0.261 e. The summed E-state index contributed by atoms with van der Waals surface area (Å²) in [4.78, 5) is 31.2. The third-order valence-electron chi connectivity index (χ3n) is 6.18. The summed E-state index contributed by atoms with van der Waals surface area (Å²) in [7, 11) is 0. The zero-order valence-electron chi connectivity index (χ0n) is 26.5. The molecule has 0 saturated heterocycles. The van der Waals surface area contributed by atoms with Crippen LogP contribution in [0.15, 0.2) is 47.8 Å². The van der Waals surface area contributed by atoms with Crippen molar-refractivity contribution in [3.63, 3.8) is 0 Å². The van der Waals surface area contributed by atoms with Gasteiger partial charge in [-0.15, -0.1) is 10.2 Å². The highest BCUT2D eigenvalue weighted by Crippen LogP contribution is 2.33. The molecule has 3 N–H and O–H groups in total. The van der Waals surface area contributed by atoms with E-state index in [4.69, 9.17) is 25.6 Å². The molecule has 5 heterocycles. The Bertz CT molecular complexity index is 2150. The van der Waals surface area contributed by atoms with Gasteiger partial charge in [-0.25, -0.2) is 19.9 Å². The summed E-state index contributed by atoms with van der Waals surface area (Å²) in [5, 5.41) is 15.0. The van der Waals surface area contributed by atoms with Gasteiger partial charge in [-0.3, -0.25) is 13.8 Å². The monoisotopic (exact) mass is 548 g/mol. The van der Waals surface area contributed by atoms with Gasteiger partial charge in [-0.05, 0) is 48.4 Å². The van der Waals surface area contributed by atoms with Crippen LogP contribution < -0.4 is 16.6 Å². The van der Waals surface area contributed by atoms with Crippen LogP contribution >= 0.6 is 11.6 Å². The summed E-state index contributed by atoms with van der Waals surface area (Å²) in [6, 6.07) is 6.09. The molecule has 0 fully saturated rings. The van der Waals surface area contributed by atoms with Crippen molar-refractivity contribution in [3.05, 3.63) is 69.6 Å². The molecule has 0 aliphatic heterocycles. The topological polar surface area (TPSA) is 160 Å². The van der Waals surface area contributed by atoms with Crippen LogP contribution in [-0.4, -0.2) is 49.1 Å². The van der Waals surface area contributed by atoms with E-state index in [1.165, 1.54) is 24.8 Å². The molecule has 39 heavy (non-hydrogen) atoms. The van der Waals surface area contributed by atoms with Crippen molar-refractivity contribution in [1.82, 2.24) is 49.1 Å². The van der Waals surface area contributed by atoms with E-state index in [-0.39, 0.29) is 39.3 Å². The summed E-state index contributed by atoms with van der Waals surface area (Å²) in [6.07, 6.45) is 4.23. The Hall–Kier alpha value is -4.91. The minimum atomic E-state index is -2.85. The van der Waals surface area contributed by atoms with Crippen molar-refractivity contribution >= 4 is 39.8 Å². The Labute approximate surface area is 234 Å². The van der Waals surface area contributed by atoms with Gasteiger partial charge in [0.1, 0.15) is 28.5 Å². The lowest BCUT2D eigenvalue weighted by Gasteiger charge is -2.21. The van der Waals surface area contributed by atoms with Crippen LogP contribution in [-0.2, 0) is 14.0 Å². The SMILES string of the molecule is [2H]C([2H])([2H])n1nnc(-c2nc(Cl)ccc2N[C@@H](C)c2cc(C)cc3c(=O)n(C([2H])([2H])[2H])c4c(-c5cnc(N)nc5)ncn4c23)n1. The fourth-order valence-electron chi connectivity index (χ4n) is 4.51. The van der Waals surface area contributed by atoms with Gasteiger partial charge < -0.3 is 11.1 Å². The third-order valence-corrected chi connectivity index (χ3v) is 6.39. The van der Waals surface area contributed by atoms with E-state index in [1.54, 1.807) is 23.5 Å². The molecule has 1 aromatic carbocycles. The largest absolute Gasteiger partial charge is 0.377 e. The second-order valence-corrected chi connectivity index (χ2v) is 9.19. The molecule has 0 unspecified atom stereocenters. The van der Waals surface area contributed by atoms with E-state index in [0.29, 0.717) is 32.7 Å². The van der Waals surface area contributed by atoms with Gasteiger partial charge in [-0.2, -0.15) is 4.80 Å². The van der Waals surface area contributed by atoms with Crippen molar-refractivity contribution in [2.75, 3.05) is 11.1 Å². The molecule has 0 spiro atoms. The van der Waals surface area contributed by atoms with Gasteiger partial charge in [0.2, 0.25) is 11.8 Å². The molecule has 0 bridgehead atoms. The number of aryl methyl sites for hydroxylation is 3. The molecule has 0 aliphatic carbocycles. The number of hydrogen-bond acceptors (Lipinski definition) is 10. The Morgan fingerprint density at radius 3 is 2.69 bits per heavy atom. The van der Waals surface area contributed by atoms with Crippen molar-refractivity contribution in [2.24, 2.45) is 14.0 Å². The van der Waals surface area contributed by atoms with Gasteiger partial charge in [0, 0.05) is 33.2 Å². The number of imidazole rings is 1. The van der Waals surface area contributed by atoms with Gasteiger partial charge in [-0.1, -0.05) is 17.7 Å². The van der Waals surface area contributed by atoms with E-state index < -0.39 is 25.6 Å². The second-order valence-electron chi connectivity index (χ2n) is 8.81.